The van der Waals surface area contributed by atoms with E-state index in [-0.39, 0.29) is 16.8 Å². The normalized spacial score (nSPS) is 15.5. The number of rotatable bonds is 5. The van der Waals surface area contributed by atoms with Crippen LogP contribution in [0.3, 0.4) is 0 Å². The minimum Gasteiger partial charge on any atom is -0.370 e. The van der Waals surface area contributed by atoms with Crippen molar-refractivity contribution in [2.75, 3.05) is 29.9 Å². The van der Waals surface area contributed by atoms with Gasteiger partial charge < -0.3 is 10.2 Å². The van der Waals surface area contributed by atoms with Gasteiger partial charge in [-0.1, -0.05) is 12.1 Å². The molecule has 2 aromatic carbocycles. The highest BCUT2D eigenvalue weighted by atomic mass is 19.1. The number of halogens is 1. The van der Waals surface area contributed by atoms with Crippen LogP contribution in [0.5, 0.6) is 0 Å². The molecule has 0 atom stereocenters. The number of hydrogen-bond donors (Lipinski definition) is 1. The topological polar surface area (TPSA) is 113 Å². The number of hydrogen-bond acceptors (Lipinski definition) is 6. The van der Waals surface area contributed by atoms with E-state index in [2.05, 4.69) is 5.32 Å². The molecule has 0 unspecified atom stereocenters. The predicted molar refractivity (Wildman–Crippen MR) is 105 cm³/mol. The number of carbonyl (C=O) groups is 3. The average Bonchev–Trinajstić information content (AvgIpc) is 3.33. The van der Waals surface area contributed by atoms with Crippen LogP contribution in [-0.2, 0) is 4.79 Å². The Labute approximate surface area is 170 Å². The van der Waals surface area contributed by atoms with Crippen molar-refractivity contribution >= 4 is 34.8 Å². The fourth-order valence-electron chi connectivity index (χ4n) is 3.79. The number of imide groups is 1. The number of carbonyl (C=O) groups excluding carboxylic acids is 3. The van der Waals surface area contributed by atoms with Crippen molar-refractivity contribution in [3.63, 3.8) is 0 Å². The molecular weight excluding hydrogens is 395 g/mol. The third-order valence-electron chi connectivity index (χ3n) is 5.18. The number of para-hydroxylation sites is 1. The van der Waals surface area contributed by atoms with Crippen LogP contribution in [0, 0.1) is 15.9 Å². The lowest BCUT2D eigenvalue weighted by Gasteiger charge is -2.22. The average molecular weight is 412 g/mol. The van der Waals surface area contributed by atoms with Crippen molar-refractivity contribution in [3.8, 4) is 0 Å². The first kappa shape index (κ1) is 19.5. The minimum absolute atomic E-state index is 0.0213. The molecular formula is C20H17FN4O5. The fraction of sp³-hybridized carbons (Fsp3) is 0.250. The molecule has 2 aliphatic rings. The van der Waals surface area contributed by atoms with E-state index in [9.17, 15) is 28.9 Å². The van der Waals surface area contributed by atoms with Crippen molar-refractivity contribution in [1.82, 2.24) is 4.90 Å². The summed E-state index contributed by atoms with van der Waals surface area (Å²) in [5.41, 5.74) is -0.473. The lowest BCUT2D eigenvalue weighted by molar-refractivity contribution is -0.385. The number of nitrogens with zero attached hydrogens (tertiary/aromatic N) is 3. The van der Waals surface area contributed by atoms with Crippen molar-refractivity contribution in [1.29, 1.82) is 0 Å². The number of nitrogens with one attached hydrogen (secondary N) is 1. The van der Waals surface area contributed by atoms with Crippen molar-refractivity contribution in [2.24, 2.45) is 0 Å². The van der Waals surface area contributed by atoms with Crippen molar-refractivity contribution in [3.05, 3.63) is 63.5 Å². The Morgan fingerprint density at radius 3 is 2.50 bits per heavy atom. The molecule has 0 radical (unpaired) electrons. The van der Waals surface area contributed by atoms with Gasteiger partial charge in [-0.15, -0.1) is 0 Å². The Hall–Kier alpha value is -3.82. The maximum absolute atomic E-state index is 14.4. The maximum Gasteiger partial charge on any atom is 0.282 e. The molecule has 10 heteroatoms. The van der Waals surface area contributed by atoms with Crippen LogP contribution >= 0.6 is 0 Å². The zero-order valence-electron chi connectivity index (χ0n) is 15.8. The first-order chi connectivity index (χ1) is 14.4. The summed E-state index contributed by atoms with van der Waals surface area (Å²) in [7, 11) is 0. The summed E-state index contributed by atoms with van der Waals surface area (Å²) >= 11 is 0. The van der Waals surface area contributed by atoms with Gasteiger partial charge in [-0.2, -0.15) is 0 Å². The quantitative estimate of drug-likeness (QED) is 0.459. The number of anilines is 2. The number of nitro groups is 1. The van der Waals surface area contributed by atoms with Crippen LogP contribution in [0.25, 0.3) is 0 Å². The Morgan fingerprint density at radius 2 is 1.80 bits per heavy atom. The summed E-state index contributed by atoms with van der Waals surface area (Å²) in [5, 5.41) is 13.6. The fourth-order valence-corrected chi connectivity index (χ4v) is 3.79. The van der Waals surface area contributed by atoms with Gasteiger partial charge in [0.15, 0.2) is 0 Å². The number of benzene rings is 2. The Kier molecular flexibility index (Phi) is 4.90. The number of amides is 3. The number of fused-ring (bicyclic) bond motifs is 1. The third-order valence-corrected chi connectivity index (χ3v) is 5.18. The third kappa shape index (κ3) is 3.25. The van der Waals surface area contributed by atoms with Crippen LogP contribution in [-0.4, -0.2) is 47.2 Å². The lowest BCUT2D eigenvalue weighted by atomic mass is 10.1. The Bertz CT molecular complexity index is 1080. The first-order valence-corrected chi connectivity index (χ1v) is 9.35. The molecule has 0 spiro atoms. The second-order valence-electron chi connectivity index (χ2n) is 7.03. The van der Waals surface area contributed by atoms with Crippen LogP contribution in [0.15, 0.2) is 36.4 Å². The summed E-state index contributed by atoms with van der Waals surface area (Å²) in [6.07, 6.45) is 1.91. The van der Waals surface area contributed by atoms with Crippen molar-refractivity contribution in [2.45, 2.75) is 12.8 Å². The van der Waals surface area contributed by atoms with Gasteiger partial charge in [0.05, 0.1) is 16.2 Å². The molecule has 4 rings (SSSR count). The molecule has 3 amide bonds. The van der Waals surface area contributed by atoms with Gasteiger partial charge in [0, 0.05) is 19.2 Å². The minimum atomic E-state index is -0.925. The second kappa shape index (κ2) is 7.54. The number of nitro benzene ring substituents is 1. The van der Waals surface area contributed by atoms with E-state index in [0.717, 1.165) is 32.0 Å². The molecule has 0 saturated carbocycles. The lowest BCUT2D eigenvalue weighted by Crippen LogP contribution is -2.37. The summed E-state index contributed by atoms with van der Waals surface area (Å²) in [4.78, 5) is 50.7. The Balaban J connectivity index is 1.56. The molecule has 9 nitrogen and oxygen atoms in total. The van der Waals surface area contributed by atoms with E-state index in [1.54, 1.807) is 12.1 Å². The highest BCUT2D eigenvalue weighted by Gasteiger charge is 2.41. The molecule has 1 saturated heterocycles. The van der Waals surface area contributed by atoms with Crippen LogP contribution in [0.1, 0.15) is 33.6 Å². The zero-order chi connectivity index (χ0) is 21.4. The maximum atomic E-state index is 14.4. The smallest absolute Gasteiger partial charge is 0.282 e. The molecule has 2 aliphatic heterocycles. The summed E-state index contributed by atoms with van der Waals surface area (Å²) in [6.45, 7) is 0.778. The molecule has 1 fully saturated rings. The van der Waals surface area contributed by atoms with Gasteiger partial charge in [0.1, 0.15) is 23.6 Å². The molecule has 1 N–H and O–H groups in total. The van der Waals surface area contributed by atoms with Crippen LogP contribution in [0.4, 0.5) is 21.5 Å². The van der Waals surface area contributed by atoms with Gasteiger partial charge in [-0.05, 0) is 31.0 Å². The second-order valence-corrected chi connectivity index (χ2v) is 7.03. The van der Waals surface area contributed by atoms with Crippen LogP contribution in [0.2, 0.25) is 0 Å². The van der Waals surface area contributed by atoms with Gasteiger partial charge in [-0.25, -0.2) is 4.39 Å². The molecule has 30 heavy (non-hydrogen) atoms. The van der Waals surface area contributed by atoms with E-state index in [0.29, 0.717) is 10.6 Å². The zero-order valence-corrected chi connectivity index (χ0v) is 15.8. The van der Waals surface area contributed by atoms with Gasteiger partial charge >= 0.3 is 0 Å². The Morgan fingerprint density at radius 1 is 1.10 bits per heavy atom. The van der Waals surface area contributed by atoms with E-state index in [4.69, 9.17) is 0 Å². The molecule has 0 aliphatic carbocycles. The highest BCUT2D eigenvalue weighted by molar-refractivity contribution is 6.24. The summed E-state index contributed by atoms with van der Waals surface area (Å²) in [6, 6.07) is 8.16. The molecule has 0 bridgehead atoms. The molecule has 154 valence electrons. The monoisotopic (exact) mass is 412 g/mol. The van der Waals surface area contributed by atoms with E-state index in [1.165, 1.54) is 18.2 Å². The van der Waals surface area contributed by atoms with Crippen molar-refractivity contribution < 1.29 is 23.7 Å². The predicted octanol–water partition coefficient (Wildman–Crippen LogP) is 2.57. The highest BCUT2D eigenvalue weighted by Crippen LogP contribution is 2.33. The SMILES string of the molecule is O=C(CN1C(=O)c2cccc([N+](=O)[O-])c2C1=O)Nc1c(F)cccc1N1CCCC1. The van der Waals surface area contributed by atoms with E-state index >= 15 is 0 Å². The largest absolute Gasteiger partial charge is 0.370 e. The molecule has 2 heterocycles. The van der Waals surface area contributed by atoms with Gasteiger partial charge in [0.2, 0.25) is 5.91 Å². The van der Waals surface area contributed by atoms with E-state index < -0.39 is 40.7 Å². The van der Waals surface area contributed by atoms with Gasteiger partial charge in [0.25, 0.3) is 17.5 Å². The summed E-state index contributed by atoms with van der Waals surface area (Å²) in [5.74, 6) is -3.14. The summed E-state index contributed by atoms with van der Waals surface area (Å²) < 4.78 is 14.4. The standard InChI is InChI=1S/C20H17FN4O5/c21-13-6-4-8-15(23-9-1-2-10-23)18(13)22-16(26)11-24-19(27)12-5-3-7-14(25(29)30)17(12)20(24)28/h3-8H,1-2,9-11H2,(H,22,26). The van der Waals surface area contributed by atoms with Crippen LogP contribution < -0.4 is 10.2 Å². The van der Waals surface area contributed by atoms with E-state index in [1.807, 2.05) is 4.90 Å². The molecule has 2 aromatic rings. The first-order valence-electron chi connectivity index (χ1n) is 9.35. The van der Waals surface area contributed by atoms with Gasteiger partial charge in [-0.3, -0.25) is 29.4 Å². The molecule has 0 aromatic heterocycles.